The number of rotatable bonds is 6. The van der Waals surface area contributed by atoms with Crippen molar-refractivity contribution < 1.29 is 12.6 Å². The van der Waals surface area contributed by atoms with Crippen LogP contribution in [0.2, 0.25) is 0 Å². The Kier molecular flexibility index (Phi) is 5.38. The van der Waals surface area contributed by atoms with Gasteiger partial charge in [-0.25, -0.2) is 4.98 Å². The van der Waals surface area contributed by atoms with Gasteiger partial charge in [0.15, 0.2) is 0 Å². The van der Waals surface area contributed by atoms with Crippen molar-refractivity contribution in [3.63, 3.8) is 0 Å². The van der Waals surface area contributed by atoms with Gasteiger partial charge in [-0.15, -0.1) is 0 Å². The fourth-order valence-corrected chi connectivity index (χ4v) is 3.22. The van der Waals surface area contributed by atoms with Crippen molar-refractivity contribution in [3.05, 3.63) is 18.3 Å². The van der Waals surface area contributed by atoms with Crippen LogP contribution in [0.4, 0.5) is 5.69 Å². The zero-order valence-electron chi connectivity index (χ0n) is 12.4. The normalized spacial score (nSPS) is 16.9. The minimum absolute atomic E-state index is 0.0985. The van der Waals surface area contributed by atoms with Crippen LogP contribution in [0.3, 0.4) is 0 Å². The molecule has 2 N–H and O–H groups in total. The van der Waals surface area contributed by atoms with Crippen molar-refractivity contribution in [1.82, 2.24) is 15.2 Å². The van der Waals surface area contributed by atoms with Crippen molar-refractivity contribution in [2.45, 2.75) is 19.9 Å². The van der Waals surface area contributed by atoms with Gasteiger partial charge in [0.25, 0.3) is 5.88 Å². The van der Waals surface area contributed by atoms with Crippen LogP contribution in [0, 0.1) is 0 Å². The fraction of sp³-hybridized carbons (Fsp3) is 0.615. The summed E-state index contributed by atoms with van der Waals surface area (Å²) in [4.78, 5) is 5.87. The first kappa shape index (κ1) is 16.0. The van der Waals surface area contributed by atoms with Crippen LogP contribution in [-0.4, -0.2) is 56.4 Å². The molecular weight excluding hydrogens is 292 g/mol. The summed E-state index contributed by atoms with van der Waals surface area (Å²) < 4.78 is 29.5. The molecular formula is C13H22N4O3S. The largest absolute Gasteiger partial charge is 0.378 e. The minimum Gasteiger partial charge on any atom is -0.378 e. The molecule has 1 aliphatic rings. The number of pyridine rings is 1. The highest BCUT2D eigenvalue weighted by molar-refractivity contribution is 7.87. The summed E-state index contributed by atoms with van der Waals surface area (Å²) in [7, 11) is -3.70. The van der Waals surface area contributed by atoms with E-state index in [1.807, 2.05) is 18.7 Å². The van der Waals surface area contributed by atoms with Crippen molar-refractivity contribution >= 4 is 15.8 Å². The highest BCUT2D eigenvalue weighted by Gasteiger charge is 2.22. The molecule has 0 saturated carbocycles. The number of aromatic nitrogens is 1. The highest BCUT2D eigenvalue weighted by atomic mass is 32.2. The van der Waals surface area contributed by atoms with Gasteiger partial charge in [-0.2, -0.15) is 8.42 Å². The van der Waals surface area contributed by atoms with Crippen molar-refractivity contribution in [2.24, 2.45) is 0 Å². The first-order valence-electron chi connectivity index (χ1n) is 7.03. The van der Waals surface area contributed by atoms with E-state index in [9.17, 15) is 8.42 Å². The molecule has 1 aromatic heterocycles. The van der Waals surface area contributed by atoms with Crippen LogP contribution >= 0.6 is 0 Å². The van der Waals surface area contributed by atoms with Gasteiger partial charge in [0.1, 0.15) is 5.88 Å². The Hall–Kier alpha value is -1.38. The fourth-order valence-electron chi connectivity index (χ4n) is 2.09. The molecule has 1 aliphatic heterocycles. The second kappa shape index (κ2) is 7.06. The van der Waals surface area contributed by atoms with Crippen LogP contribution in [-0.2, 0) is 10.1 Å². The van der Waals surface area contributed by atoms with Gasteiger partial charge < -0.3 is 14.8 Å². The molecule has 0 aromatic carbocycles. The van der Waals surface area contributed by atoms with Gasteiger partial charge in [0.05, 0.1) is 5.69 Å². The molecule has 7 nitrogen and oxygen atoms in total. The van der Waals surface area contributed by atoms with E-state index in [4.69, 9.17) is 4.18 Å². The standard InChI is InChI=1S/C13H22N4O3S/c1-11(2)16-12-4-3-5-15-13(12)20-21(18,19)10-17-8-6-14-7-9-17/h3-5,11,14,16H,6-10H2,1-2H3. The molecule has 2 rings (SSSR count). The van der Waals surface area contributed by atoms with E-state index in [1.54, 1.807) is 12.1 Å². The minimum atomic E-state index is -3.70. The number of piperazine rings is 1. The number of anilines is 1. The Labute approximate surface area is 125 Å². The Morgan fingerprint density at radius 1 is 1.43 bits per heavy atom. The molecule has 0 radical (unpaired) electrons. The molecule has 0 spiro atoms. The smallest absolute Gasteiger partial charge is 0.324 e. The average molecular weight is 314 g/mol. The third-order valence-corrected chi connectivity index (χ3v) is 4.06. The van der Waals surface area contributed by atoms with Crippen LogP contribution in [0.15, 0.2) is 18.3 Å². The summed E-state index contributed by atoms with van der Waals surface area (Å²) in [6.07, 6.45) is 1.52. The first-order valence-corrected chi connectivity index (χ1v) is 8.61. The first-order chi connectivity index (χ1) is 9.96. The molecule has 0 amide bonds. The summed E-state index contributed by atoms with van der Waals surface area (Å²) in [6.45, 7) is 6.90. The van der Waals surface area contributed by atoms with Crippen LogP contribution in [0.1, 0.15) is 13.8 Å². The molecule has 0 atom stereocenters. The lowest BCUT2D eigenvalue weighted by Crippen LogP contribution is -2.46. The lowest BCUT2D eigenvalue weighted by molar-refractivity contribution is 0.268. The second-order valence-electron chi connectivity index (χ2n) is 5.29. The molecule has 1 aromatic rings. The monoisotopic (exact) mass is 314 g/mol. The number of hydrogen-bond donors (Lipinski definition) is 2. The van der Waals surface area contributed by atoms with E-state index < -0.39 is 10.1 Å². The molecule has 1 saturated heterocycles. The Morgan fingerprint density at radius 3 is 2.81 bits per heavy atom. The SMILES string of the molecule is CC(C)Nc1cccnc1OS(=O)(=O)CN1CCNCC1. The molecule has 0 unspecified atom stereocenters. The zero-order valence-corrected chi connectivity index (χ0v) is 13.2. The molecule has 8 heteroatoms. The van der Waals surface area contributed by atoms with Crippen molar-refractivity contribution in [3.8, 4) is 5.88 Å². The third kappa shape index (κ3) is 5.14. The molecule has 118 valence electrons. The summed E-state index contributed by atoms with van der Waals surface area (Å²) in [5, 5.41) is 6.31. The zero-order chi connectivity index (χ0) is 15.3. The van der Waals surface area contributed by atoms with Crippen LogP contribution in [0.25, 0.3) is 0 Å². The van der Waals surface area contributed by atoms with E-state index in [1.165, 1.54) is 6.20 Å². The summed E-state index contributed by atoms with van der Waals surface area (Å²) in [5.41, 5.74) is 0.580. The number of hydrogen-bond acceptors (Lipinski definition) is 7. The van der Waals surface area contributed by atoms with Gasteiger partial charge in [-0.3, -0.25) is 4.90 Å². The molecule has 0 bridgehead atoms. The van der Waals surface area contributed by atoms with Crippen molar-refractivity contribution in [1.29, 1.82) is 0 Å². The predicted octanol–water partition coefficient (Wildman–Crippen LogP) is 0.473. The summed E-state index contributed by atoms with van der Waals surface area (Å²) in [6, 6.07) is 3.65. The van der Waals surface area contributed by atoms with Crippen LogP contribution < -0.4 is 14.8 Å². The van der Waals surface area contributed by atoms with Gasteiger partial charge in [0, 0.05) is 38.4 Å². The molecule has 21 heavy (non-hydrogen) atoms. The molecule has 1 fully saturated rings. The average Bonchev–Trinajstić information content (AvgIpc) is 2.41. The van der Waals surface area contributed by atoms with E-state index >= 15 is 0 Å². The van der Waals surface area contributed by atoms with Crippen molar-refractivity contribution in [2.75, 3.05) is 37.4 Å². The third-order valence-electron chi connectivity index (χ3n) is 2.97. The lowest BCUT2D eigenvalue weighted by Gasteiger charge is -2.26. The lowest BCUT2D eigenvalue weighted by atomic mass is 10.3. The Bertz CT molecular complexity index is 556. The molecule has 2 heterocycles. The predicted molar refractivity (Wildman–Crippen MR) is 81.9 cm³/mol. The van der Waals surface area contributed by atoms with E-state index in [0.717, 1.165) is 13.1 Å². The van der Waals surface area contributed by atoms with Crippen LogP contribution in [0.5, 0.6) is 5.88 Å². The number of nitrogens with one attached hydrogen (secondary N) is 2. The number of nitrogens with zero attached hydrogens (tertiary/aromatic N) is 2. The van der Waals surface area contributed by atoms with E-state index in [0.29, 0.717) is 18.8 Å². The summed E-state index contributed by atoms with van der Waals surface area (Å²) >= 11 is 0. The summed E-state index contributed by atoms with van der Waals surface area (Å²) in [5.74, 6) is -0.0202. The van der Waals surface area contributed by atoms with E-state index in [2.05, 4.69) is 15.6 Å². The van der Waals surface area contributed by atoms with Gasteiger partial charge in [-0.05, 0) is 26.0 Å². The maximum absolute atomic E-state index is 12.2. The highest BCUT2D eigenvalue weighted by Crippen LogP contribution is 2.23. The topological polar surface area (TPSA) is 83.6 Å². The quantitative estimate of drug-likeness (QED) is 0.739. The van der Waals surface area contributed by atoms with Gasteiger partial charge >= 0.3 is 10.1 Å². The van der Waals surface area contributed by atoms with Gasteiger partial charge in [-0.1, -0.05) is 0 Å². The second-order valence-corrected chi connectivity index (χ2v) is 6.83. The Balaban J connectivity index is 2.05. The van der Waals surface area contributed by atoms with Gasteiger partial charge in [0.2, 0.25) is 0 Å². The maximum atomic E-state index is 12.2. The van der Waals surface area contributed by atoms with E-state index in [-0.39, 0.29) is 17.8 Å². The Morgan fingerprint density at radius 2 is 2.14 bits per heavy atom. The molecule has 0 aliphatic carbocycles. The maximum Gasteiger partial charge on any atom is 0.324 e.